The fourth-order valence-electron chi connectivity index (χ4n) is 2.94. The van der Waals surface area contributed by atoms with Crippen molar-refractivity contribution in [3.05, 3.63) is 54.1 Å². The summed E-state index contributed by atoms with van der Waals surface area (Å²) < 4.78 is 5.52. The van der Waals surface area contributed by atoms with E-state index in [1.54, 1.807) is 17.3 Å². The minimum absolute atomic E-state index is 0.0276. The number of carbonyl (C=O) groups excluding carboxylic acids is 1. The number of hydrogen-bond acceptors (Lipinski definition) is 5. The van der Waals surface area contributed by atoms with Gasteiger partial charge >= 0.3 is 0 Å². The molecule has 1 fully saturated rings. The summed E-state index contributed by atoms with van der Waals surface area (Å²) in [5.41, 5.74) is 1.04. The van der Waals surface area contributed by atoms with Crippen LogP contribution in [0.2, 0.25) is 0 Å². The van der Waals surface area contributed by atoms with Crippen molar-refractivity contribution in [2.24, 2.45) is 0 Å². The van der Waals surface area contributed by atoms with Gasteiger partial charge in [-0.25, -0.2) is 4.98 Å². The summed E-state index contributed by atoms with van der Waals surface area (Å²) in [6.07, 6.45) is 2.92. The quantitative estimate of drug-likeness (QED) is 0.803. The number of nitrogens with one attached hydrogen (secondary N) is 1. The molecule has 1 saturated heterocycles. The molecule has 0 radical (unpaired) electrons. The molecule has 2 N–H and O–H groups in total. The van der Waals surface area contributed by atoms with Crippen LogP contribution in [0.1, 0.15) is 11.4 Å². The van der Waals surface area contributed by atoms with Gasteiger partial charge in [0.15, 0.2) is 0 Å². The van der Waals surface area contributed by atoms with E-state index in [2.05, 4.69) is 14.9 Å². The van der Waals surface area contributed by atoms with Crippen molar-refractivity contribution in [2.45, 2.75) is 19.3 Å². The van der Waals surface area contributed by atoms with E-state index in [4.69, 9.17) is 4.74 Å². The van der Waals surface area contributed by atoms with E-state index in [9.17, 15) is 9.90 Å². The third-order valence-corrected chi connectivity index (χ3v) is 4.20. The molecule has 0 spiro atoms. The maximum Gasteiger partial charge on any atom is 0.248 e. The fraction of sp³-hybridized carbons (Fsp3) is 0.444. The highest BCUT2D eigenvalue weighted by Crippen LogP contribution is 2.08. The second-order valence-corrected chi connectivity index (χ2v) is 6.24. The highest BCUT2D eigenvalue weighted by molar-refractivity contribution is 5.77. The van der Waals surface area contributed by atoms with E-state index in [0.29, 0.717) is 39.3 Å². The number of rotatable bonds is 6. The number of nitrogens with zero attached hydrogens (tertiary/aromatic N) is 3. The van der Waals surface area contributed by atoms with Crippen molar-refractivity contribution in [2.75, 3.05) is 32.8 Å². The zero-order valence-electron chi connectivity index (χ0n) is 14.2. The Balaban J connectivity index is 1.46. The van der Waals surface area contributed by atoms with Gasteiger partial charge in [0, 0.05) is 38.6 Å². The number of hydrogen-bond donors (Lipinski definition) is 2. The molecule has 1 amide bonds. The molecule has 0 aliphatic carbocycles. The average molecular weight is 344 g/mol. The Morgan fingerprint density at radius 1 is 1.28 bits per heavy atom. The maximum atomic E-state index is 12.4. The highest BCUT2D eigenvalue weighted by atomic mass is 16.5. The number of imidazole rings is 1. The molecule has 0 saturated carbocycles. The monoisotopic (exact) mass is 344 g/mol. The Labute approximate surface area is 147 Å². The second-order valence-electron chi connectivity index (χ2n) is 6.24. The molecular formula is C18H24N4O3. The van der Waals surface area contributed by atoms with E-state index < -0.39 is 6.10 Å². The van der Waals surface area contributed by atoms with Crippen LogP contribution in [0.15, 0.2) is 42.7 Å². The van der Waals surface area contributed by atoms with Crippen LogP contribution in [0.25, 0.3) is 0 Å². The van der Waals surface area contributed by atoms with E-state index in [-0.39, 0.29) is 12.5 Å². The van der Waals surface area contributed by atoms with Crippen LogP contribution in [0, 0.1) is 0 Å². The first-order chi connectivity index (χ1) is 12.2. The number of aromatic amines is 1. The number of benzene rings is 1. The van der Waals surface area contributed by atoms with E-state index in [0.717, 1.165) is 11.4 Å². The third kappa shape index (κ3) is 5.38. The van der Waals surface area contributed by atoms with Gasteiger partial charge < -0.3 is 19.7 Å². The van der Waals surface area contributed by atoms with Crippen molar-refractivity contribution in [3.63, 3.8) is 0 Å². The van der Waals surface area contributed by atoms with Gasteiger partial charge in [0.2, 0.25) is 5.91 Å². The zero-order valence-corrected chi connectivity index (χ0v) is 14.2. The number of ether oxygens (including phenoxy) is 1. The fourth-order valence-corrected chi connectivity index (χ4v) is 2.94. The molecule has 1 aliphatic rings. The Bertz CT molecular complexity index is 648. The van der Waals surface area contributed by atoms with Gasteiger partial charge in [-0.3, -0.25) is 9.69 Å². The molecule has 2 heterocycles. The van der Waals surface area contributed by atoms with Crippen molar-refractivity contribution in [3.8, 4) is 0 Å². The van der Waals surface area contributed by atoms with Crippen LogP contribution in [0.4, 0.5) is 0 Å². The topological polar surface area (TPSA) is 81.7 Å². The lowest BCUT2D eigenvalue weighted by Crippen LogP contribution is -2.39. The lowest BCUT2D eigenvalue weighted by molar-refractivity contribution is -0.137. The Morgan fingerprint density at radius 2 is 2.12 bits per heavy atom. The van der Waals surface area contributed by atoms with Crippen molar-refractivity contribution in [1.29, 1.82) is 0 Å². The number of β-amino-alcohol motifs (C(OH)–C–C–N with tert-alkyl or cyclic N) is 1. The van der Waals surface area contributed by atoms with Gasteiger partial charge in [-0.15, -0.1) is 0 Å². The Hall–Kier alpha value is -2.22. The lowest BCUT2D eigenvalue weighted by atomic mass is 10.2. The van der Waals surface area contributed by atoms with Crippen LogP contribution in [0.3, 0.4) is 0 Å². The Morgan fingerprint density at radius 3 is 2.88 bits per heavy atom. The molecular weight excluding hydrogens is 320 g/mol. The molecule has 0 bridgehead atoms. The van der Waals surface area contributed by atoms with Crippen molar-refractivity contribution >= 4 is 5.91 Å². The third-order valence-electron chi connectivity index (χ3n) is 4.20. The molecule has 1 aromatic heterocycles. The average Bonchev–Trinajstić information content (AvgIpc) is 3.04. The Kier molecular flexibility index (Phi) is 6.16. The number of H-pyrrole nitrogens is 1. The summed E-state index contributed by atoms with van der Waals surface area (Å²) in [7, 11) is 0. The van der Waals surface area contributed by atoms with Crippen LogP contribution in [0.5, 0.6) is 0 Å². The highest BCUT2D eigenvalue weighted by Gasteiger charge is 2.24. The molecule has 0 unspecified atom stereocenters. The minimum atomic E-state index is -0.574. The first-order valence-electron chi connectivity index (χ1n) is 8.49. The first kappa shape index (κ1) is 17.6. The molecule has 3 rings (SSSR count). The number of amides is 1. The summed E-state index contributed by atoms with van der Waals surface area (Å²) in [4.78, 5) is 23.4. The summed E-state index contributed by atoms with van der Waals surface area (Å²) >= 11 is 0. The molecule has 1 atom stereocenters. The van der Waals surface area contributed by atoms with Crippen molar-refractivity contribution < 1.29 is 14.6 Å². The zero-order chi connectivity index (χ0) is 17.5. The van der Waals surface area contributed by atoms with E-state index in [1.807, 2.05) is 30.3 Å². The van der Waals surface area contributed by atoms with Crippen molar-refractivity contribution in [1.82, 2.24) is 19.8 Å². The van der Waals surface area contributed by atoms with Gasteiger partial charge in [-0.1, -0.05) is 30.3 Å². The predicted octanol–water partition coefficient (Wildman–Crippen LogP) is 0.632. The predicted molar refractivity (Wildman–Crippen MR) is 92.5 cm³/mol. The normalized spacial score (nSPS) is 18.9. The van der Waals surface area contributed by atoms with E-state index in [1.165, 1.54) is 0 Å². The minimum Gasteiger partial charge on any atom is -0.390 e. The summed E-state index contributed by atoms with van der Waals surface area (Å²) in [6, 6.07) is 9.76. The molecule has 2 aromatic rings. The number of aromatic nitrogens is 2. The number of carbonyl (C=O) groups is 1. The molecule has 1 aliphatic heterocycles. The standard InChI is InChI=1S/C18H24N4O3/c23-16-10-21(12-17-19-6-7-20-17)8-9-22(11-16)18(24)14-25-13-15-4-2-1-3-5-15/h1-7,16,23H,8-14H2,(H,19,20)/t16-/m0/s1. The first-order valence-corrected chi connectivity index (χ1v) is 8.49. The largest absolute Gasteiger partial charge is 0.390 e. The molecule has 7 heteroatoms. The van der Waals surface area contributed by atoms with Gasteiger partial charge in [0.05, 0.1) is 19.3 Å². The van der Waals surface area contributed by atoms with Crippen LogP contribution in [-0.4, -0.2) is 69.7 Å². The summed E-state index contributed by atoms with van der Waals surface area (Å²) in [6.45, 7) is 3.20. The van der Waals surface area contributed by atoms with Crippen LogP contribution < -0.4 is 0 Å². The molecule has 25 heavy (non-hydrogen) atoms. The van der Waals surface area contributed by atoms with Gasteiger partial charge in [0.1, 0.15) is 12.4 Å². The smallest absolute Gasteiger partial charge is 0.248 e. The number of aliphatic hydroxyl groups excluding tert-OH is 1. The molecule has 134 valence electrons. The van der Waals surface area contributed by atoms with Gasteiger partial charge in [-0.05, 0) is 5.56 Å². The van der Waals surface area contributed by atoms with Gasteiger partial charge in [0.25, 0.3) is 0 Å². The van der Waals surface area contributed by atoms with Crippen LogP contribution >= 0.6 is 0 Å². The lowest BCUT2D eigenvalue weighted by Gasteiger charge is -2.21. The maximum absolute atomic E-state index is 12.4. The summed E-state index contributed by atoms with van der Waals surface area (Å²) in [5, 5.41) is 10.2. The van der Waals surface area contributed by atoms with Crippen LogP contribution in [-0.2, 0) is 22.7 Å². The van der Waals surface area contributed by atoms with E-state index >= 15 is 0 Å². The number of aliphatic hydroxyl groups is 1. The summed E-state index contributed by atoms with van der Waals surface area (Å²) in [5.74, 6) is 0.771. The van der Waals surface area contributed by atoms with Gasteiger partial charge in [-0.2, -0.15) is 0 Å². The second kappa shape index (κ2) is 8.75. The molecule has 1 aromatic carbocycles. The SMILES string of the molecule is O=C(COCc1ccccc1)N1CCN(Cc2ncc[nH]2)C[C@H](O)C1. The molecule has 7 nitrogen and oxygen atoms in total.